The van der Waals surface area contributed by atoms with E-state index in [2.05, 4.69) is 55.1 Å². The smallest absolute Gasteiger partial charge is 0.0396 e. The molecule has 0 aliphatic heterocycles. The van der Waals surface area contributed by atoms with Crippen LogP contribution in [0.3, 0.4) is 0 Å². The van der Waals surface area contributed by atoms with E-state index in [1.54, 1.807) is 0 Å². The van der Waals surface area contributed by atoms with E-state index in [1.165, 1.54) is 10.8 Å². The molecule has 0 atom stereocenters. The summed E-state index contributed by atoms with van der Waals surface area (Å²) in [7, 11) is 0. The van der Waals surface area contributed by atoms with E-state index in [-0.39, 0.29) is 0 Å². The van der Waals surface area contributed by atoms with E-state index in [4.69, 9.17) is 5.73 Å². The summed E-state index contributed by atoms with van der Waals surface area (Å²) in [5.41, 5.74) is 11.1. The molecular formula is C19H17N. The highest BCUT2D eigenvalue weighted by atomic mass is 14.6. The maximum atomic E-state index is 6.11. The standard InChI is InChI=1S/C19H17N/c1-13-7-10-18(19(20)11-13)14(2)16-9-8-15-5-3-4-6-17(15)12-16/h3-12H,2,20H2,1H3. The van der Waals surface area contributed by atoms with Crippen LogP contribution in [0.1, 0.15) is 16.7 Å². The molecule has 20 heavy (non-hydrogen) atoms. The van der Waals surface area contributed by atoms with Crippen molar-refractivity contribution in [2.75, 3.05) is 5.73 Å². The first-order chi connectivity index (χ1) is 9.65. The minimum atomic E-state index is 0.781. The molecule has 1 nitrogen and oxygen atoms in total. The second kappa shape index (κ2) is 4.86. The van der Waals surface area contributed by atoms with Gasteiger partial charge in [0.25, 0.3) is 0 Å². The third kappa shape index (κ3) is 2.19. The molecule has 0 heterocycles. The Morgan fingerprint density at radius 3 is 2.40 bits per heavy atom. The predicted octanol–water partition coefficient (Wildman–Crippen LogP) is 4.79. The van der Waals surface area contributed by atoms with Crippen molar-refractivity contribution in [1.82, 2.24) is 0 Å². The Balaban J connectivity index is 2.08. The van der Waals surface area contributed by atoms with Gasteiger partial charge in [0, 0.05) is 11.3 Å². The largest absolute Gasteiger partial charge is 0.398 e. The van der Waals surface area contributed by atoms with Gasteiger partial charge in [-0.25, -0.2) is 0 Å². The zero-order valence-electron chi connectivity index (χ0n) is 11.6. The molecule has 0 aromatic heterocycles. The SMILES string of the molecule is C=C(c1ccc2ccccc2c1)c1ccc(C)cc1N. The second-order valence-electron chi connectivity index (χ2n) is 5.13. The number of rotatable bonds is 2. The minimum absolute atomic E-state index is 0.781. The summed E-state index contributed by atoms with van der Waals surface area (Å²) < 4.78 is 0. The van der Waals surface area contributed by atoms with Gasteiger partial charge in [-0.05, 0) is 46.5 Å². The van der Waals surface area contributed by atoms with Gasteiger partial charge in [0.2, 0.25) is 0 Å². The first-order valence-electron chi connectivity index (χ1n) is 6.70. The maximum absolute atomic E-state index is 6.11. The molecule has 3 aromatic rings. The van der Waals surface area contributed by atoms with Gasteiger partial charge in [0.05, 0.1) is 0 Å². The Bertz CT molecular complexity index is 800. The van der Waals surface area contributed by atoms with Gasteiger partial charge >= 0.3 is 0 Å². The molecule has 0 unspecified atom stereocenters. The Hall–Kier alpha value is -2.54. The molecule has 0 saturated carbocycles. The molecule has 98 valence electrons. The summed E-state index contributed by atoms with van der Waals surface area (Å²) in [6.07, 6.45) is 0. The van der Waals surface area contributed by atoms with Crippen molar-refractivity contribution in [2.45, 2.75) is 6.92 Å². The summed E-state index contributed by atoms with van der Waals surface area (Å²) >= 11 is 0. The Morgan fingerprint density at radius 1 is 0.900 bits per heavy atom. The molecule has 0 fully saturated rings. The van der Waals surface area contributed by atoms with E-state index in [9.17, 15) is 0 Å². The summed E-state index contributed by atoms with van der Waals surface area (Å²) in [5.74, 6) is 0. The van der Waals surface area contributed by atoms with Crippen molar-refractivity contribution >= 4 is 22.0 Å². The molecule has 3 rings (SSSR count). The van der Waals surface area contributed by atoms with Crippen molar-refractivity contribution in [3.63, 3.8) is 0 Å². The molecule has 0 aliphatic rings. The van der Waals surface area contributed by atoms with Crippen LogP contribution in [-0.4, -0.2) is 0 Å². The van der Waals surface area contributed by atoms with Crippen LogP contribution >= 0.6 is 0 Å². The lowest BCUT2D eigenvalue weighted by molar-refractivity contribution is 1.45. The maximum Gasteiger partial charge on any atom is 0.0396 e. The Labute approximate surface area is 119 Å². The molecule has 0 saturated heterocycles. The van der Waals surface area contributed by atoms with Crippen LogP contribution in [0.5, 0.6) is 0 Å². The monoisotopic (exact) mass is 259 g/mol. The topological polar surface area (TPSA) is 26.0 Å². The third-order valence-electron chi connectivity index (χ3n) is 3.63. The number of anilines is 1. The quantitative estimate of drug-likeness (QED) is 0.658. The normalized spacial score (nSPS) is 10.7. The fourth-order valence-electron chi connectivity index (χ4n) is 2.49. The second-order valence-corrected chi connectivity index (χ2v) is 5.13. The van der Waals surface area contributed by atoms with E-state index >= 15 is 0 Å². The average Bonchev–Trinajstić information content (AvgIpc) is 2.46. The predicted molar refractivity (Wildman–Crippen MR) is 87.7 cm³/mol. The van der Waals surface area contributed by atoms with E-state index in [1.807, 2.05) is 19.1 Å². The first kappa shape index (κ1) is 12.5. The molecular weight excluding hydrogens is 242 g/mol. The van der Waals surface area contributed by atoms with Crippen molar-refractivity contribution in [3.05, 3.63) is 83.9 Å². The van der Waals surface area contributed by atoms with E-state index in [0.29, 0.717) is 0 Å². The highest BCUT2D eigenvalue weighted by molar-refractivity contribution is 5.90. The van der Waals surface area contributed by atoms with Crippen LogP contribution in [0.2, 0.25) is 0 Å². The highest BCUT2D eigenvalue weighted by Crippen LogP contribution is 2.29. The van der Waals surface area contributed by atoms with Gasteiger partial charge < -0.3 is 5.73 Å². The van der Waals surface area contributed by atoms with Gasteiger partial charge in [-0.2, -0.15) is 0 Å². The number of nitrogen functional groups attached to an aromatic ring is 1. The van der Waals surface area contributed by atoms with Gasteiger partial charge in [0.15, 0.2) is 0 Å². The van der Waals surface area contributed by atoms with Crippen LogP contribution in [0.15, 0.2) is 67.2 Å². The Morgan fingerprint density at radius 2 is 1.65 bits per heavy atom. The lowest BCUT2D eigenvalue weighted by atomic mass is 9.95. The number of nitrogens with two attached hydrogens (primary N) is 1. The van der Waals surface area contributed by atoms with Crippen LogP contribution in [0.4, 0.5) is 5.69 Å². The Kier molecular flexibility index (Phi) is 3.03. The van der Waals surface area contributed by atoms with Gasteiger partial charge in [0.1, 0.15) is 0 Å². The number of benzene rings is 3. The number of fused-ring (bicyclic) bond motifs is 1. The van der Waals surface area contributed by atoms with Crippen molar-refractivity contribution in [3.8, 4) is 0 Å². The lowest BCUT2D eigenvalue weighted by Crippen LogP contribution is -1.95. The van der Waals surface area contributed by atoms with Crippen molar-refractivity contribution in [1.29, 1.82) is 0 Å². The fraction of sp³-hybridized carbons (Fsp3) is 0.0526. The van der Waals surface area contributed by atoms with Crippen molar-refractivity contribution in [2.24, 2.45) is 0 Å². The van der Waals surface area contributed by atoms with Crippen LogP contribution < -0.4 is 5.73 Å². The zero-order chi connectivity index (χ0) is 14.1. The third-order valence-corrected chi connectivity index (χ3v) is 3.63. The summed E-state index contributed by atoms with van der Waals surface area (Å²) in [5, 5.41) is 2.46. The molecule has 0 spiro atoms. The number of aryl methyl sites for hydroxylation is 1. The average molecular weight is 259 g/mol. The van der Waals surface area contributed by atoms with Crippen LogP contribution in [0, 0.1) is 6.92 Å². The summed E-state index contributed by atoms with van der Waals surface area (Å²) in [6.45, 7) is 6.25. The molecule has 2 N–H and O–H groups in total. The van der Waals surface area contributed by atoms with Gasteiger partial charge in [-0.3, -0.25) is 0 Å². The van der Waals surface area contributed by atoms with Gasteiger partial charge in [-0.15, -0.1) is 0 Å². The molecule has 0 amide bonds. The summed E-state index contributed by atoms with van der Waals surface area (Å²) in [6, 6.07) is 20.8. The van der Waals surface area contributed by atoms with Crippen LogP contribution in [-0.2, 0) is 0 Å². The van der Waals surface area contributed by atoms with E-state index < -0.39 is 0 Å². The van der Waals surface area contributed by atoms with Gasteiger partial charge in [-0.1, -0.05) is 55.1 Å². The molecule has 0 bridgehead atoms. The minimum Gasteiger partial charge on any atom is -0.398 e. The first-order valence-corrected chi connectivity index (χ1v) is 6.70. The van der Waals surface area contributed by atoms with Crippen molar-refractivity contribution < 1.29 is 0 Å². The highest BCUT2D eigenvalue weighted by Gasteiger charge is 2.07. The molecule has 3 aromatic carbocycles. The van der Waals surface area contributed by atoms with Crippen LogP contribution in [0.25, 0.3) is 16.3 Å². The fourth-order valence-corrected chi connectivity index (χ4v) is 2.49. The summed E-state index contributed by atoms with van der Waals surface area (Å²) in [4.78, 5) is 0. The molecule has 0 aliphatic carbocycles. The molecule has 1 heteroatoms. The lowest BCUT2D eigenvalue weighted by Gasteiger charge is -2.11. The molecule has 0 radical (unpaired) electrons. The van der Waals surface area contributed by atoms with E-state index in [0.717, 1.165) is 28.0 Å². The number of hydrogen-bond acceptors (Lipinski definition) is 1. The number of hydrogen-bond donors (Lipinski definition) is 1. The zero-order valence-corrected chi connectivity index (χ0v) is 11.6.